The van der Waals surface area contributed by atoms with E-state index in [2.05, 4.69) is 0 Å². The lowest BCUT2D eigenvalue weighted by atomic mass is 10.0. The maximum absolute atomic E-state index is 10.7. The predicted molar refractivity (Wildman–Crippen MR) is 32.2 cm³/mol. The zero-order valence-corrected chi connectivity index (χ0v) is 5.37. The van der Waals surface area contributed by atoms with Crippen LogP contribution in [-0.4, -0.2) is 17.5 Å². The molecule has 0 aromatic rings. The van der Waals surface area contributed by atoms with Crippen molar-refractivity contribution in [3.8, 4) is 0 Å². The molecular weight excluding hydrogens is 148 g/mol. The van der Waals surface area contributed by atoms with Gasteiger partial charge < -0.3 is 9.90 Å². The van der Waals surface area contributed by atoms with Crippen molar-refractivity contribution >= 4 is 17.5 Å². The number of aliphatic carboxylic acids is 1. The fraction of sp³-hybridized carbons (Fsp3) is 0. The third-order valence-electron chi connectivity index (χ3n) is 1.17. The normalized spacial score (nSPS) is 16.5. The molecule has 0 heterocycles. The van der Waals surface area contributed by atoms with Crippen LogP contribution >= 0.6 is 0 Å². The van der Waals surface area contributed by atoms with Gasteiger partial charge in [-0.2, -0.15) is 0 Å². The molecule has 0 spiro atoms. The highest BCUT2D eigenvalue weighted by Gasteiger charge is 2.13. The maximum atomic E-state index is 10.7. The molecule has 4 heteroatoms. The number of ketones is 2. The van der Waals surface area contributed by atoms with E-state index >= 15 is 0 Å². The van der Waals surface area contributed by atoms with Crippen LogP contribution in [0.25, 0.3) is 0 Å². The second-order valence-corrected chi connectivity index (χ2v) is 1.95. The fourth-order valence-electron chi connectivity index (χ4n) is 0.669. The summed E-state index contributed by atoms with van der Waals surface area (Å²) in [7, 11) is 0. The Bertz CT molecular complexity index is 296. The molecule has 1 aliphatic rings. The second kappa shape index (κ2) is 2.49. The maximum Gasteiger partial charge on any atom is 0.187 e. The van der Waals surface area contributed by atoms with Gasteiger partial charge in [-0.3, -0.25) is 9.59 Å². The molecule has 0 atom stereocenters. The van der Waals surface area contributed by atoms with Gasteiger partial charge in [0.05, 0.1) is 5.97 Å². The molecule has 11 heavy (non-hydrogen) atoms. The van der Waals surface area contributed by atoms with Gasteiger partial charge in [0.25, 0.3) is 0 Å². The Morgan fingerprint density at radius 1 is 1.27 bits per heavy atom. The van der Waals surface area contributed by atoms with Gasteiger partial charge in [0.1, 0.15) is 0 Å². The number of hydrogen-bond donors (Lipinski definition) is 0. The molecule has 4 nitrogen and oxygen atoms in total. The second-order valence-electron chi connectivity index (χ2n) is 1.95. The zero-order chi connectivity index (χ0) is 8.43. The summed E-state index contributed by atoms with van der Waals surface area (Å²) in [5.41, 5.74) is -0.586. The zero-order valence-electron chi connectivity index (χ0n) is 5.37. The fourth-order valence-corrected chi connectivity index (χ4v) is 0.669. The summed E-state index contributed by atoms with van der Waals surface area (Å²) >= 11 is 0. The molecule has 0 bridgehead atoms. The molecular formula is C7H3O4-. The van der Waals surface area contributed by atoms with Gasteiger partial charge in [-0.05, 0) is 18.2 Å². The predicted octanol–water partition coefficient (Wildman–Crippen LogP) is -1.63. The average molecular weight is 151 g/mol. The number of carbonyl (C=O) groups excluding carboxylic acids is 3. The van der Waals surface area contributed by atoms with Crippen molar-refractivity contribution in [1.82, 2.24) is 0 Å². The molecule has 0 aliphatic heterocycles. The molecule has 0 aromatic carbocycles. The molecule has 1 aliphatic carbocycles. The monoisotopic (exact) mass is 151 g/mol. The lowest BCUT2D eigenvalue weighted by Gasteiger charge is -2.05. The van der Waals surface area contributed by atoms with Crippen LogP contribution in [0.5, 0.6) is 0 Å². The van der Waals surface area contributed by atoms with E-state index in [0.717, 1.165) is 18.2 Å². The van der Waals surface area contributed by atoms with Crippen LogP contribution in [0.4, 0.5) is 0 Å². The highest BCUT2D eigenvalue weighted by molar-refractivity contribution is 6.28. The third kappa shape index (κ3) is 1.40. The van der Waals surface area contributed by atoms with Gasteiger partial charge in [0.15, 0.2) is 11.6 Å². The Hall–Kier alpha value is -1.71. The minimum absolute atomic E-state index is 0.510. The van der Waals surface area contributed by atoms with E-state index < -0.39 is 23.1 Å². The molecule has 0 aromatic heterocycles. The van der Waals surface area contributed by atoms with Crippen LogP contribution in [0, 0.1) is 0 Å². The first-order valence-electron chi connectivity index (χ1n) is 2.80. The first kappa shape index (κ1) is 7.40. The molecule has 0 amide bonds. The number of carboxylic acids is 1. The van der Waals surface area contributed by atoms with Crippen molar-refractivity contribution in [1.29, 1.82) is 0 Å². The highest BCUT2D eigenvalue weighted by atomic mass is 16.4. The molecule has 56 valence electrons. The summed E-state index contributed by atoms with van der Waals surface area (Å²) in [5, 5.41) is 10.1. The number of hydrogen-bond acceptors (Lipinski definition) is 4. The Labute approximate surface area is 61.8 Å². The summed E-state index contributed by atoms with van der Waals surface area (Å²) in [5.74, 6) is -2.83. The Kier molecular flexibility index (Phi) is 1.68. The van der Waals surface area contributed by atoms with Gasteiger partial charge >= 0.3 is 0 Å². The SMILES string of the molecule is O=C1C=CC(=O)C(C(=O)[O-])=C1. The number of rotatable bonds is 1. The lowest BCUT2D eigenvalue weighted by molar-refractivity contribution is -0.298. The van der Waals surface area contributed by atoms with Crippen LogP contribution in [0.3, 0.4) is 0 Å². The van der Waals surface area contributed by atoms with E-state index in [1.54, 1.807) is 0 Å². The molecule has 0 saturated heterocycles. The summed E-state index contributed by atoms with van der Waals surface area (Å²) in [6, 6.07) is 0. The minimum atomic E-state index is -1.62. The first-order valence-corrected chi connectivity index (χ1v) is 2.80. The number of allylic oxidation sites excluding steroid dienone is 3. The van der Waals surface area contributed by atoms with E-state index in [9.17, 15) is 19.5 Å². The van der Waals surface area contributed by atoms with Crippen molar-refractivity contribution in [2.24, 2.45) is 0 Å². The molecule has 0 saturated carbocycles. The summed E-state index contributed by atoms with van der Waals surface area (Å²) in [4.78, 5) is 31.3. The average Bonchev–Trinajstić information content (AvgIpc) is 1.94. The van der Waals surface area contributed by atoms with Gasteiger partial charge in [-0.15, -0.1) is 0 Å². The van der Waals surface area contributed by atoms with E-state index in [0.29, 0.717) is 0 Å². The molecule has 0 N–H and O–H groups in total. The molecule has 0 radical (unpaired) electrons. The van der Waals surface area contributed by atoms with Crippen molar-refractivity contribution in [3.05, 3.63) is 23.8 Å². The van der Waals surface area contributed by atoms with Gasteiger partial charge in [-0.25, -0.2) is 0 Å². The number of carbonyl (C=O) groups is 3. The van der Waals surface area contributed by atoms with E-state index in [4.69, 9.17) is 0 Å². The smallest absolute Gasteiger partial charge is 0.187 e. The molecule has 0 fully saturated rings. The molecule has 0 unspecified atom stereocenters. The van der Waals surface area contributed by atoms with Gasteiger partial charge in [0.2, 0.25) is 0 Å². The topological polar surface area (TPSA) is 74.3 Å². The summed E-state index contributed by atoms with van der Waals surface area (Å²) in [6.07, 6.45) is 2.67. The first-order chi connectivity index (χ1) is 5.11. The van der Waals surface area contributed by atoms with Crippen LogP contribution < -0.4 is 5.11 Å². The lowest BCUT2D eigenvalue weighted by Crippen LogP contribution is -2.29. The van der Waals surface area contributed by atoms with Crippen molar-refractivity contribution < 1.29 is 19.5 Å². The van der Waals surface area contributed by atoms with Crippen molar-refractivity contribution in [3.63, 3.8) is 0 Å². The van der Waals surface area contributed by atoms with E-state index in [1.165, 1.54) is 0 Å². The Morgan fingerprint density at radius 2 is 1.91 bits per heavy atom. The van der Waals surface area contributed by atoms with Gasteiger partial charge in [0, 0.05) is 5.57 Å². The quantitative estimate of drug-likeness (QED) is 0.333. The third-order valence-corrected chi connectivity index (χ3v) is 1.17. The van der Waals surface area contributed by atoms with Crippen molar-refractivity contribution in [2.45, 2.75) is 0 Å². The largest absolute Gasteiger partial charge is 0.545 e. The van der Waals surface area contributed by atoms with Crippen LogP contribution in [-0.2, 0) is 14.4 Å². The highest BCUT2D eigenvalue weighted by Crippen LogP contribution is 2.03. The summed E-state index contributed by atoms with van der Waals surface area (Å²) < 4.78 is 0. The standard InChI is InChI=1S/C7H4O4/c8-4-1-2-6(9)5(3-4)7(10)11/h1-3H,(H,10,11)/p-1. The van der Waals surface area contributed by atoms with E-state index in [1.807, 2.05) is 0 Å². The Morgan fingerprint density at radius 3 is 2.36 bits per heavy atom. The van der Waals surface area contributed by atoms with Crippen molar-refractivity contribution in [2.75, 3.05) is 0 Å². The summed E-state index contributed by atoms with van der Waals surface area (Å²) in [6.45, 7) is 0. The Balaban J connectivity index is 3.03. The minimum Gasteiger partial charge on any atom is -0.545 e. The van der Waals surface area contributed by atoms with Gasteiger partial charge in [-0.1, -0.05) is 0 Å². The van der Waals surface area contributed by atoms with E-state index in [-0.39, 0.29) is 0 Å². The van der Waals surface area contributed by atoms with Crippen LogP contribution in [0.15, 0.2) is 23.8 Å². The van der Waals surface area contributed by atoms with Crippen LogP contribution in [0.1, 0.15) is 0 Å². The van der Waals surface area contributed by atoms with Crippen LogP contribution in [0.2, 0.25) is 0 Å². The number of carboxylic acid groups (broad SMARTS) is 1. The molecule has 1 rings (SSSR count).